The van der Waals surface area contributed by atoms with Crippen LogP contribution in [0.1, 0.15) is 17.4 Å². The second kappa shape index (κ2) is 7.01. The predicted octanol–water partition coefficient (Wildman–Crippen LogP) is 3.64. The number of rotatable bonds is 3. The van der Waals surface area contributed by atoms with E-state index in [9.17, 15) is 4.79 Å². The Hall–Kier alpha value is -2.51. The van der Waals surface area contributed by atoms with E-state index in [-0.39, 0.29) is 11.9 Å². The van der Waals surface area contributed by atoms with Crippen molar-refractivity contribution >= 4 is 35.0 Å². The van der Waals surface area contributed by atoms with Gasteiger partial charge in [-0.25, -0.2) is 4.68 Å². The van der Waals surface area contributed by atoms with Gasteiger partial charge in [-0.05, 0) is 36.8 Å². The van der Waals surface area contributed by atoms with Crippen molar-refractivity contribution < 1.29 is 4.79 Å². The maximum atomic E-state index is 13.0. The number of hydrogen-bond donors (Lipinski definition) is 2. The highest BCUT2D eigenvalue weighted by atomic mass is 35.5. The van der Waals surface area contributed by atoms with Gasteiger partial charge in [-0.2, -0.15) is 0 Å². The average Bonchev–Trinajstić information content (AvgIpc) is 3.03. The van der Waals surface area contributed by atoms with Gasteiger partial charge in [0.1, 0.15) is 11.1 Å². The molecule has 132 valence electrons. The van der Waals surface area contributed by atoms with E-state index >= 15 is 0 Å². The number of aromatic nitrogens is 3. The molecule has 2 atom stereocenters. The summed E-state index contributed by atoms with van der Waals surface area (Å²) in [7, 11) is 0. The number of nitrogens with one attached hydrogen (secondary N) is 2. The van der Waals surface area contributed by atoms with Gasteiger partial charge in [-0.1, -0.05) is 53.7 Å². The number of hydrogen-bond acceptors (Lipinski definition) is 5. The van der Waals surface area contributed by atoms with Crippen molar-refractivity contribution in [1.82, 2.24) is 14.9 Å². The number of benzene rings is 2. The monoisotopic (exact) mass is 385 g/mol. The molecule has 0 saturated heterocycles. The van der Waals surface area contributed by atoms with E-state index in [1.807, 2.05) is 41.9 Å². The second-order valence-electron chi connectivity index (χ2n) is 5.92. The lowest BCUT2D eigenvalue weighted by atomic mass is 10.0. The fraction of sp³-hybridized carbons (Fsp3) is 0.167. The Morgan fingerprint density at radius 2 is 1.88 bits per heavy atom. The van der Waals surface area contributed by atoms with Gasteiger partial charge < -0.3 is 10.7 Å². The minimum atomic E-state index is -0.399. The summed E-state index contributed by atoms with van der Waals surface area (Å²) >= 11 is 7.31. The topological polar surface area (TPSA) is 71.8 Å². The number of nitrogens with zero attached hydrogens (tertiary/aromatic N) is 3. The summed E-state index contributed by atoms with van der Waals surface area (Å²) in [6.45, 7) is 1.88. The first kappa shape index (κ1) is 16.9. The molecule has 26 heavy (non-hydrogen) atoms. The highest BCUT2D eigenvalue weighted by Crippen LogP contribution is 2.37. The van der Waals surface area contributed by atoms with E-state index in [2.05, 4.69) is 20.9 Å². The first-order chi connectivity index (χ1) is 12.6. The highest BCUT2D eigenvalue weighted by Gasteiger charge is 2.37. The summed E-state index contributed by atoms with van der Waals surface area (Å²) in [5, 5.41) is 12.1. The van der Waals surface area contributed by atoms with Crippen molar-refractivity contribution in [3.63, 3.8) is 0 Å². The van der Waals surface area contributed by atoms with Gasteiger partial charge in [-0.15, -0.1) is 10.2 Å². The van der Waals surface area contributed by atoms with E-state index in [0.717, 1.165) is 11.4 Å². The quantitative estimate of drug-likeness (QED) is 0.720. The van der Waals surface area contributed by atoms with E-state index in [1.165, 1.54) is 11.8 Å². The first-order valence-corrected chi connectivity index (χ1v) is 9.34. The molecule has 4 rings (SSSR count). The molecule has 1 amide bonds. The maximum absolute atomic E-state index is 13.0. The summed E-state index contributed by atoms with van der Waals surface area (Å²) in [6, 6.07) is 16.7. The van der Waals surface area contributed by atoms with Crippen LogP contribution < -0.4 is 10.7 Å². The third kappa shape index (κ3) is 3.27. The lowest BCUT2D eigenvalue weighted by Gasteiger charge is -2.32. The van der Waals surface area contributed by atoms with Crippen LogP contribution in [0.25, 0.3) is 0 Å². The maximum Gasteiger partial charge on any atom is 0.240 e. The smallest absolute Gasteiger partial charge is 0.240 e. The molecule has 8 heteroatoms. The van der Waals surface area contributed by atoms with E-state index in [1.54, 1.807) is 24.3 Å². The standard InChI is InChI=1S/C18H16ClN5OS/c1-11-21-22-18-24(11)23-15(12-5-3-2-4-6-12)16(26-18)17(25)20-14-9-7-13(19)8-10-14/h2-10,15-16,23H,1H3,(H,20,25)/t15-,16+/m1/s1. The van der Waals surface area contributed by atoms with Crippen molar-refractivity contribution in [2.24, 2.45) is 0 Å². The molecule has 2 aromatic carbocycles. The number of carbonyl (C=O) groups excluding carboxylic acids is 1. The molecule has 0 aliphatic carbocycles. The second-order valence-corrected chi connectivity index (χ2v) is 7.46. The predicted molar refractivity (Wildman–Crippen MR) is 103 cm³/mol. The van der Waals surface area contributed by atoms with Gasteiger partial charge in [0.25, 0.3) is 0 Å². The SMILES string of the molecule is Cc1nnc2n1N[C@H](c1ccccc1)[C@@H](C(=O)Nc1ccc(Cl)cc1)S2. The Kier molecular flexibility index (Phi) is 4.57. The fourth-order valence-electron chi connectivity index (χ4n) is 2.82. The Balaban J connectivity index is 1.64. The summed E-state index contributed by atoms with van der Waals surface area (Å²) in [5.41, 5.74) is 5.10. The van der Waals surface area contributed by atoms with Gasteiger partial charge in [0.05, 0.1) is 6.04 Å². The van der Waals surface area contributed by atoms with Crippen molar-refractivity contribution in [1.29, 1.82) is 0 Å². The summed E-state index contributed by atoms with van der Waals surface area (Å²) in [5.74, 6) is 0.649. The largest absolute Gasteiger partial charge is 0.325 e. The minimum absolute atomic E-state index is 0.106. The van der Waals surface area contributed by atoms with Gasteiger partial charge in [0.2, 0.25) is 11.1 Å². The van der Waals surface area contributed by atoms with E-state index in [0.29, 0.717) is 15.9 Å². The van der Waals surface area contributed by atoms with Gasteiger partial charge in [0, 0.05) is 10.7 Å². The third-order valence-electron chi connectivity index (χ3n) is 4.13. The van der Waals surface area contributed by atoms with Crippen LogP contribution in [0.15, 0.2) is 59.8 Å². The zero-order valence-corrected chi connectivity index (χ0v) is 15.5. The molecule has 0 radical (unpaired) electrons. The fourth-order valence-corrected chi connectivity index (χ4v) is 4.07. The van der Waals surface area contributed by atoms with Crippen molar-refractivity contribution in [2.75, 3.05) is 10.7 Å². The average molecular weight is 386 g/mol. The van der Waals surface area contributed by atoms with Crippen LogP contribution in [-0.4, -0.2) is 26.0 Å². The summed E-state index contributed by atoms with van der Waals surface area (Å²) in [6.07, 6.45) is 0. The van der Waals surface area contributed by atoms with Crippen LogP contribution in [0.5, 0.6) is 0 Å². The molecule has 0 spiro atoms. The molecule has 0 saturated carbocycles. The molecule has 2 N–H and O–H groups in total. The summed E-state index contributed by atoms with van der Waals surface area (Å²) in [4.78, 5) is 13.0. The molecule has 2 heterocycles. The molecule has 1 aromatic heterocycles. The molecule has 0 fully saturated rings. The zero-order valence-electron chi connectivity index (χ0n) is 13.9. The van der Waals surface area contributed by atoms with Crippen molar-refractivity contribution in [3.05, 3.63) is 71.0 Å². The van der Waals surface area contributed by atoms with Gasteiger partial charge >= 0.3 is 0 Å². The Morgan fingerprint density at radius 3 is 2.62 bits per heavy atom. The van der Waals surface area contributed by atoms with Crippen LogP contribution >= 0.6 is 23.4 Å². The molecule has 3 aromatic rings. The Morgan fingerprint density at radius 1 is 1.15 bits per heavy atom. The van der Waals surface area contributed by atoms with Crippen LogP contribution in [0.4, 0.5) is 5.69 Å². The molecule has 6 nitrogen and oxygen atoms in total. The first-order valence-electron chi connectivity index (χ1n) is 8.08. The third-order valence-corrected chi connectivity index (χ3v) is 5.59. The minimum Gasteiger partial charge on any atom is -0.325 e. The van der Waals surface area contributed by atoms with Gasteiger partial charge in [-0.3, -0.25) is 4.79 Å². The zero-order chi connectivity index (χ0) is 18.1. The van der Waals surface area contributed by atoms with Gasteiger partial charge in [0.15, 0.2) is 0 Å². The number of halogens is 1. The van der Waals surface area contributed by atoms with Crippen molar-refractivity contribution in [3.8, 4) is 0 Å². The molecule has 1 aliphatic heterocycles. The van der Waals surface area contributed by atoms with Crippen LogP contribution in [-0.2, 0) is 4.79 Å². The number of fused-ring (bicyclic) bond motifs is 1. The molecule has 0 unspecified atom stereocenters. The van der Waals surface area contributed by atoms with Crippen LogP contribution in [0.2, 0.25) is 5.02 Å². The van der Waals surface area contributed by atoms with E-state index in [4.69, 9.17) is 11.6 Å². The molecule has 0 bridgehead atoms. The molecular formula is C18H16ClN5OS. The normalized spacial score (nSPS) is 18.7. The van der Waals surface area contributed by atoms with Crippen molar-refractivity contribution in [2.45, 2.75) is 23.4 Å². The summed E-state index contributed by atoms with van der Waals surface area (Å²) < 4.78 is 1.83. The van der Waals surface area contributed by atoms with E-state index < -0.39 is 5.25 Å². The van der Waals surface area contributed by atoms with Crippen LogP contribution in [0.3, 0.4) is 0 Å². The number of amides is 1. The number of thioether (sulfide) groups is 1. The number of carbonyl (C=O) groups is 1. The lowest BCUT2D eigenvalue weighted by molar-refractivity contribution is -0.116. The Bertz CT molecular complexity index is 929. The Labute approximate surface area is 159 Å². The highest BCUT2D eigenvalue weighted by molar-refractivity contribution is 8.00. The molecule has 1 aliphatic rings. The number of anilines is 1. The molecular weight excluding hydrogens is 370 g/mol. The van der Waals surface area contributed by atoms with Crippen LogP contribution in [0, 0.1) is 6.92 Å². The number of aryl methyl sites for hydroxylation is 1. The lowest BCUT2D eigenvalue weighted by Crippen LogP contribution is -2.41.